The predicted octanol–water partition coefficient (Wildman–Crippen LogP) is 4.68. The van der Waals surface area contributed by atoms with Crippen molar-refractivity contribution < 1.29 is 18.9 Å². The molecule has 6 heteroatoms. The van der Waals surface area contributed by atoms with Gasteiger partial charge in [0, 0.05) is 39.8 Å². The number of anilines is 1. The maximum Gasteiger partial charge on any atom is 0.142 e. The normalized spacial score (nSPS) is 23.0. The highest BCUT2D eigenvalue weighted by Gasteiger charge is 2.33. The van der Waals surface area contributed by atoms with E-state index in [1.54, 1.807) is 7.11 Å². The van der Waals surface area contributed by atoms with Crippen molar-refractivity contribution in [2.75, 3.05) is 58.5 Å². The molecule has 2 aromatic carbocycles. The number of fused-ring (bicyclic) bond motifs is 1. The summed E-state index contributed by atoms with van der Waals surface area (Å²) in [7, 11) is 3.59. The highest BCUT2D eigenvalue weighted by Crippen LogP contribution is 2.43. The molecule has 2 aliphatic heterocycles. The summed E-state index contributed by atoms with van der Waals surface area (Å²) in [6, 6.07) is 15.6. The van der Waals surface area contributed by atoms with E-state index < -0.39 is 0 Å². The van der Waals surface area contributed by atoms with Crippen molar-refractivity contribution in [2.24, 2.45) is 5.92 Å². The number of hydrogen-bond donors (Lipinski definition) is 1. The van der Waals surface area contributed by atoms with Gasteiger partial charge in [0.25, 0.3) is 0 Å². The van der Waals surface area contributed by atoms with Crippen molar-refractivity contribution in [3.63, 3.8) is 0 Å². The van der Waals surface area contributed by atoms with Crippen LogP contribution in [0.5, 0.6) is 5.75 Å². The average molecular weight is 481 g/mol. The molecule has 0 radical (unpaired) electrons. The Balaban J connectivity index is 1.23. The molecule has 1 saturated carbocycles. The summed E-state index contributed by atoms with van der Waals surface area (Å²) in [5.41, 5.74) is 5.04. The Kier molecular flexibility index (Phi) is 8.24. The van der Waals surface area contributed by atoms with Gasteiger partial charge in [0.05, 0.1) is 31.0 Å². The number of nitrogens with one attached hydrogen (secondary N) is 1. The third-order valence-corrected chi connectivity index (χ3v) is 7.65. The number of rotatable bonds is 11. The van der Waals surface area contributed by atoms with Crippen LogP contribution in [0.1, 0.15) is 54.4 Å². The lowest BCUT2D eigenvalue weighted by molar-refractivity contribution is 0.0106. The largest absolute Gasteiger partial charge is 0.490 e. The zero-order chi connectivity index (χ0) is 24.0. The zero-order valence-corrected chi connectivity index (χ0v) is 21.2. The van der Waals surface area contributed by atoms with E-state index >= 15 is 0 Å². The van der Waals surface area contributed by atoms with Gasteiger partial charge < -0.3 is 29.2 Å². The lowest BCUT2D eigenvalue weighted by Gasteiger charge is -2.33. The SMILES string of the molecule is COCCCN1CCOc2ccc(COC3CNCCC3c3ccc(C(OC)C4CC4)cc3)cc21. The van der Waals surface area contributed by atoms with E-state index in [2.05, 4.69) is 52.7 Å². The van der Waals surface area contributed by atoms with Crippen LogP contribution < -0.4 is 15.0 Å². The molecule has 0 amide bonds. The van der Waals surface area contributed by atoms with Crippen molar-refractivity contribution in [3.8, 4) is 5.75 Å². The number of ether oxygens (including phenoxy) is 4. The van der Waals surface area contributed by atoms with Crippen LogP contribution in [0.15, 0.2) is 42.5 Å². The minimum atomic E-state index is 0.154. The Morgan fingerprint density at radius 2 is 1.94 bits per heavy atom. The fraction of sp³-hybridized carbons (Fsp3) is 0.586. The lowest BCUT2D eigenvalue weighted by atomic mass is 9.87. The molecule has 0 bridgehead atoms. The Bertz CT molecular complexity index is 946. The van der Waals surface area contributed by atoms with Gasteiger partial charge in [0.15, 0.2) is 0 Å². The van der Waals surface area contributed by atoms with Gasteiger partial charge in [-0.2, -0.15) is 0 Å². The van der Waals surface area contributed by atoms with Crippen LogP contribution >= 0.6 is 0 Å². The van der Waals surface area contributed by atoms with Gasteiger partial charge in [0.2, 0.25) is 0 Å². The maximum atomic E-state index is 6.54. The molecule has 190 valence electrons. The third kappa shape index (κ3) is 6.00. The Morgan fingerprint density at radius 1 is 1.09 bits per heavy atom. The van der Waals surface area contributed by atoms with Crippen LogP contribution in [-0.4, -0.2) is 59.7 Å². The minimum absolute atomic E-state index is 0.154. The van der Waals surface area contributed by atoms with E-state index in [1.807, 2.05) is 7.11 Å². The molecule has 1 aliphatic carbocycles. The summed E-state index contributed by atoms with van der Waals surface area (Å²) in [6.45, 7) is 5.91. The van der Waals surface area contributed by atoms with Crippen molar-refractivity contribution >= 4 is 5.69 Å². The van der Waals surface area contributed by atoms with E-state index in [0.717, 1.165) is 58.0 Å². The molecule has 0 aromatic heterocycles. The first kappa shape index (κ1) is 24.6. The molecule has 0 spiro atoms. The number of nitrogens with zero attached hydrogens (tertiary/aromatic N) is 1. The second kappa shape index (κ2) is 11.7. The van der Waals surface area contributed by atoms with E-state index in [4.69, 9.17) is 18.9 Å². The molecule has 6 nitrogen and oxygen atoms in total. The van der Waals surface area contributed by atoms with E-state index in [-0.39, 0.29) is 12.2 Å². The topological polar surface area (TPSA) is 52.2 Å². The van der Waals surface area contributed by atoms with Crippen LogP contribution in [0.2, 0.25) is 0 Å². The molecule has 3 aliphatic rings. The lowest BCUT2D eigenvalue weighted by Crippen LogP contribution is -2.41. The number of methoxy groups -OCH3 is 2. The van der Waals surface area contributed by atoms with Gasteiger partial charge >= 0.3 is 0 Å². The average Bonchev–Trinajstić information content (AvgIpc) is 3.74. The fourth-order valence-electron chi connectivity index (χ4n) is 5.56. The van der Waals surface area contributed by atoms with Crippen LogP contribution in [0.3, 0.4) is 0 Å². The molecule has 2 fully saturated rings. The summed E-state index contributed by atoms with van der Waals surface area (Å²) >= 11 is 0. The fourth-order valence-corrected chi connectivity index (χ4v) is 5.56. The molecule has 3 unspecified atom stereocenters. The Morgan fingerprint density at radius 3 is 2.71 bits per heavy atom. The van der Waals surface area contributed by atoms with Crippen LogP contribution in [0.4, 0.5) is 5.69 Å². The third-order valence-electron chi connectivity index (χ3n) is 7.65. The first-order valence-corrected chi connectivity index (χ1v) is 13.2. The van der Waals surface area contributed by atoms with Crippen molar-refractivity contribution in [2.45, 2.75) is 50.4 Å². The molecule has 5 rings (SSSR count). The van der Waals surface area contributed by atoms with Crippen molar-refractivity contribution in [1.82, 2.24) is 5.32 Å². The van der Waals surface area contributed by atoms with E-state index in [1.165, 1.54) is 35.2 Å². The number of benzene rings is 2. The first-order valence-electron chi connectivity index (χ1n) is 13.2. The second-order valence-electron chi connectivity index (χ2n) is 10.1. The van der Waals surface area contributed by atoms with Gasteiger partial charge in [-0.25, -0.2) is 0 Å². The van der Waals surface area contributed by atoms with Gasteiger partial charge in [-0.1, -0.05) is 30.3 Å². The van der Waals surface area contributed by atoms with Gasteiger partial charge in [0.1, 0.15) is 12.4 Å². The molecular formula is C29H40N2O4. The molecule has 1 saturated heterocycles. The van der Waals surface area contributed by atoms with Crippen LogP contribution in [-0.2, 0) is 20.8 Å². The van der Waals surface area contributed by atoms with Gasteiger partial charge in [-0.15, -0.1) is 0 Å². The zero-order valence-electron chi connectivity index (χ0n) is 21.2. The highest BCUT2D eigenvalue weighted by molar-refractivity contribution is 5.61. The Hall–Kier alpha value is -2.12. The summed E-state index contributed by atoms with van der Waals surface area (Å²) in [4.78, 5) is 2.41. The van der Waals surface area contributed by atoms with Gasteiger partial charge in [-0.05, 0) is 67.0 Å². The van der Waals surface area contributed by atoms with Crippen LogP contribution in [0.25, 0.3) is 0 Å². The molecular weight excluding hydrogens is 440 g/mol. The number of hydrogen-bond acceptors (Lipinski definition) is 6. The van der Waals surface area contributed by atoms with Crippen molar-refractivity contribution in [3.05, 3.63) is 59.2 Å². The van der Waals surface area contributed by atoms with Crippen molar-refractivity contribution in [1.29, 1.82) is 0 Å². The Labute approximate surface area is 209 Å². The standard InChI is InChI=1S/C29H40N2O4/c1-32-16-3-14-31-15-17-34-27-11-4-21(18-26(27)31)20-35-28-19-30-13-12-25(28)22-5-7-23(8-6-22)29(33-2)24-9-10-24/h4-8,11,18,24-25,28-30H,3,9-10,12-17,19-20H2,1-2H3. The van der Waals surface area contributed by atoms with Crippen LogP contribution in [0, 0.1) is 5.92 Å². The molecule has 2 heterocycles. The summed E-state index contributed by atoms with van der Waals surface area (Å²) in [5, 5.41) is 3.53. The monoisotopic (exact) mass is 480 g/mol. The molecule has 2 aromatic rings. The molecule has 1 N–H and O–H groups in total. The minimum Gasteiger partial charge on any atom is -0.490 e. The molecule has 3 atom stereocenters. The number of piperidine rings is 1. The summed E-state index contributed by atoms with van der Waals surface area (Å²) in [6.07, 6.45) is 5.06. The highest BCUT2D eigenvalue weighted by atomic mass is 16.5. The summed E-state index contributed by atoms with van der Waals surface area (Å²) < 4.78 is 23.5. The second-order valence-corrected chi connectivity index (χ2v) is 10.1. The van der Waals surface area contributed by atoms with Gasteiger partial charge in [-0.3, -0.25) is 0 Å². The summed E-state index contributed by atoms with van der Waals surface area (Å²) in [5.74, 6) is 2.06. The molecule has 35 heavy (non-hydrogen) atoms. The smallest absolute Gasteiger partial charge is 0.142 e. The first-order chi connectivity index (χ1) is 17.3. The van der Waals surface area contributed by atoms with E-state index in [9.17, 15) is 0 Å². The van der Waals surface area contributed by atoms with E-state index in [0.29, 0.717) is 18.4 Å². The maximum absolute atomic E-state index is 6.54. The predicted molar refractivity (Wildman–Crippen MR) is 138 cm³/mol. The quantitative estimate of drug-likeness (QED) is 0.471.